The first-order valence-corrected chi connectivity index (χ1v) is 11.1. The normalized spacial score (nSPS) is 23.7. The minimum absolute atomic E-state index is 0.181. The minimum Gasteiger partial charge on any atom is -0.368 e. The molecule has 8 nitrogen and oxygen atoms in total. The van der Waals surface area contributed by atoms with Crippen LogP contribution >= 0.6 is 0 Å². The van der Waals surface area contributed by atoms with Crippen molar-refractivity contribution < 1.29 is 9.59 Å². The van der Waals surface area contributed by atoms with Crippen LogP contribution in [-0.2, 0) is 17.9 Å². The molecular weight excluding hydrogens is 404 g/mol. The Hall–Kier alpha value is -2.94. The van der Waals surface area contributed by atoms with Crippen molar-refractivity contribution in [3.05, 3.63) is 65.7 Å². The highest BCUT2D eigenvalue weighted by Gasteiger charge is 2.55. The number of anilines is 1. The summed E-state index contributed by atoms with van der Waals surface area (Å²) in [6.07, 6.45) is -0.742. The third kappa shape index (κ3) is 4.34. The topological polar surface area (TPSA) is 93.9 Å². The summed E-state index contributed by atoms with van der Waals surface area (Å²) >= 11 is 0. The smallest absolute Gasteiger partial charge is 0.327 e. The third-order valence-corrected chi connectivity index (χ3v) is 6.03. The maximum Gasteiger partial charge on any atom is 0.327 e. The van der Waals surface area contributed by atoms with Crippen LogP contribution in [0, 0.1) is 11.8 Å². The van der Waals surface area contributed by atoms with E-state index in [0.29, 0.717) is 19.6 Å². The van der Waals surface area contributed by atoms with Gasteiger partial charge in [-0.2, -0.15) is 0 Å². The lowest BCUT2D eigenvalue weighted by Crippen LogP contribution is -2.64. The van der Waals surface area contributed by atoms with Crippen LogP contribution < -0.4 is 16.5 Å². The number of nitrogens with zero attached hydrogens (tertiary/aromatic N) is 3. The predicted molar refractivity (Wildman–Crippen MR) is 124 cm³/mol. The molecule has 2 aliphatic rings. The first-order chi connectivity index (χ1) is 15.4. The zero-order valence-electron chi connectivity index (χ0n) is 18.9. The van der Waals surface area contributed by atoms with Gasteiger partial charge in [0.05, 0.1) is 0 Å². The molecule has 4 N–H and O–H groups in total. The van der Waals surface area contributed by atoms with E-state index < -0.39 is 12.1 Å². The molecule has 0 saturated carbocycles. The van der Waals surface area contributed by atoms with E-state index in [9.17, 15) is 9.59 Å². The number of nitrogens with two attached hydrogens (primary N) is 1. The maximum atomic E-state index is 13.3. The molecular formula is C24H32N6O2. The van der Waals surface area contributed by atoms with Gasteiger partial charge in [0.25, 0.3) is 0 Å². The fraction of sp³-hybridized carbons (Fsp3) is 0.417. The number of hydrogen-bond acceptors (Lipinski definition) is 6. The van der Waals surface area contributed by atoms with Crippen LogP contribution in [0.5, 0.6) is 0 Å². The Labute approximate surface area is 189 Å². The van der Waals surface area contributed by atoms with E-state index in [1.165, 1.54) is 4.90 Å². The van der Waals surface area contributed by atoms with Gasteiger partial charge in [-0.1, -0.05) is 56.3 Å². The van der Waals surface area contributed by atoms with Crippen molar-refractivity contribution in [2.24, 2.45) is 17.6 Å². The van der Waals surface area contributed by atoms with Crippen LogP contribution in [0.4, 0.5) is 10.5 Å². The largest absolute Gasteiger partial charge is 0.368 e. The van der Waals surface area contributed by atoms with Crippen LogP contribution in [0.15, 0.2) is 54.6 Å². The Morgan fingerprint density at radius 1 is 1.06 bits per heavy atom. The molecule has 3 amide bonds. The molecule has 2 fully saturated rings. The van der Waals surface area contributed by atoms with Gasteiger partial charge < -0.3 is 16.0 Å². The number of rotatable bonds is 7. The molecule has 0 aliphatic carbocycles. The van der Waals surface area contributed by atoms with Gasteiger partial charge in [0.15, 0.2) is 0 Å². The Balaban J connectivity index is 1.69. The summed E-state index contributed by atoms with van der Waals surface area (Å²) < 4.78 is 0. The molecule has 0 aromatic heterocycles. The highest BCUT2D eigenvalue weighted by molar-refractivity contribution is 5.99. The number of hydrogen-bond donors (Lipinski definition) is 3. The van der Waals surface area contributed by atoms with E-state index in [1.54, 1.807) is 11.9 Å². The van der Waals surface area contributed by atoms with E-state index >= 15 is 0 Å². The van der Waals surface area contributed by atoms with Crippen molar-refractivity contribution in [2.45, 2.75) is 39.3 Å². The van der Waals surface area contributed by atoms with Gasteiger partial charge in [-0.05, 0) is 29.2 Å². The molecule has 2 aromatic carbocycles. The number of benzene rings is 2. The molecule has 0 spiro atoms. The van der Waals surface area contributed by atoms with E-state index in [-0.39, 0.29) is 24.0 Å². The number of hydrazine groups is 1. The molecule has 3 atom stereocenters. The highest BCUT2D eigenvalue weighted by Crippen LogP contribution is 2.33. The fourth-order valence-corrected chi connectivity index (χ4v) is 4.51. The number of nitrogens with one attached hydrogen (secondary N) is 2. The van der Waals surface area contributed by atoms with Gasteiger partial charge >= 0.3 is 6.03 Å². The van der Waals surface area contributed by atoms with Crippen LogP contribution in [0.2, 0.25) is 0 Å². The second-order valence-corrected chi connectivity index (χ2v) is 8.93. The predicted octanol–water partition coefficient (Wildman–Crippen LogP) is 2.40. The van der Waals surface area contributed by atoms with E-state index in [4.69, 9.17) is 5.73 Å². The lowest BCUT2D eigenvalue weighted by atomic mass is 9.97. The molecule has 32 heavy (non-hydrogen) atoms. The molecule has 2 aliphatic heterocycles. The van der Waals surface area contributed by atoms with Gasteiger partial charge in [-0.25, -0.2) is 15.2 Å². The molecule has 0 radical (unpaired) electrons. The third-order valence-electron chi connectivity index (χ3n) is 6.03. The number of amides is 3. The lowest BCUT2D eigenvalue weighted by molar-refractivity contribution is -0.137. The minimum atomic E-state index is -0.450. The first kappa shape index (κ1) is 22.3. The molecule has 2 heterocycles. The second-order valence-electron chi connectivity index (χ2n) is 8.93. The second kappa shape index (κ2) is 9.28. The van der Waals surface area contributed by atoms with Crippen molar-refractivity contribution in [1.29, 1.82) is 0 Å². The molecule has 4 rings (SSSR count). The molecule has 170 valence electrons. The summed E-state index contributed by atoms with van der Waals surface area (Å²) in [6, 6.07) is 17.7. The van der Waals surface area contributed by atoms with Gasteiger partial charge in [0, 0.05) is 32.4 Å². The molecule has 0 bridgehead atoms. The van der Waals surface area contributed by atoms with Gasteiger partial charge in [0.1, 0.15) is 18.2 Å². The average Bonchev–Trinajstić information content (AvgIpc) is 3.13. The van der Waals surface area contributed by atoms with Crippen molar-refractivity contribution in [3.8, 4) is 0 Å². The summed E-state index contributed by atoms with van der Waals surface area (Å²) in [5.41, 5.74) is 12.4. The van der Waals surface area contributed by atoms with Gasteiger partial charge in [-0.15, -0.1) is 0 Å². The van der Waals surface area contributed by atoms with Crippen LogP contribution in [0.1, 0.15) is 25.0 Å². The number of para-hydroxylation sites is 1. The highest BCUT2D eigenvalue weighted by atomic mass is 16.2. The van der Waals surface area contributed by atoms with Crippen LogP contribution in [0.25, 0.3) is 0 Å². The average molecular weight is 437 g/mol. The lowest BCUT2D eigenvalue weighted by Gasteiger charge is -2.41. The number of urea groups is 1. The van der Waals surface area contributed by atoms with E-state index in [2.05, 4.69) is 30.7 Å². The maximum absolute atomic E-state index is 13.3. The summed E-state index contributed by atoms with van der Waals surface area (Å²) in [6.45, 7) is 5.75. The van der Waals surface area contributed by atoms with Crippen LogP contribution in [0.3, 0.4) is 0 Å². The van der Waals surface area contributed by atoms with Crippen LogP contribution in [-0.4, -0.2) is 52.7 Å². The summed E-state index contributed by atoms with van der Waals surface area (Å²) in [5.74, 6) is -0.354. The zero-order chi connectivity index (χ0) is 22.8. The summed E-state index contributed by atoms with van der Waals surface area (Å²) in [5, 5.41) is 5.57. The van der Waals surface area contributed by atoms with Gasteiger partial charge in [0.2, 0.25) is 5.91 Å². The number of imide groups is 1. The Kier molecular flexibility index (Phi) is 6.45. The van der Waals surface area contributed by atoms with Gasteiger partial charge in [-0.3, -0.25) is 9.69 Å². The molecule has 2 saturated heterocycles. The number of carbonyl (C=O) groups is 2. The Morgan fingerprint density at radius 2 is 1.78 bits per heavy atom. The molecule has 2 aromatic rings. The quantitative estimate of drug-likeness (QED) is 0.617. The number of carbonyl (C=O) groups excluding carboxylic acids is 2. The SMILES string of the molecule is CC(C)CN1C(=O)N(C)C(=O)C2C(Nc3ccccc3)N(Cc3cccc(CN)c3)NC21. The van der Waals surface area contributed by atoms with Crippen molar-refractivity contribution in [2.75, 3.05) is 18.9 Å². The Morgan fingerprint density at radius 3 is 2.47 bits per heavy atom. The molecule has 8 heteroatoms. The summed E-state index contributed by atoms with van der Waals surface area (Å²) in [4.78, 5) is 29.3. The number of fused-ring (bicyclic) bond motifs is 1. The molecule has 3 unspecified atom stereocenters. The standard InChI is InChI=1S/C24H32N6O2/c1-16(2)14-29-22-20(23(31)28(3)24(29)32)21(26-19-10-5-4-6-11-19)30(27-22)15-18-9-7-8-17(12-18)13-25/h4-12,16,20-22,26-27H,13-15,25H2,1-3H3. The van der Waals surface area contributed by atoms with E-state index in [0.717, 1.165) is 16.8 Å². The first-order valence-electron chi connectivity index (χ1n) is 11.1. The summed E-state index contributed by atoms with van der Waals surface area (Å²) in [7, 11) is 1.57. The van der Waals surface area contributed by atoms with Crippen molar-refractivity contribution >= 4 is 17.6 Å². The van der Waals surface area contributed by atoms with E-state index in [1.807, 2.05) is 53.5 Å². The fourth-order valence-electron chi connectivity index (χ4n) is 4.51. The monoisotopic (exact) mass is 436 g/mol. The van der Waals surface area contributed by atoms with Crippen molar-refractivity contribution in [1.82, 2.24) is 20.2 Å². The van der Waals surface area contributed by atoms with Crippen molar-refractivity contribution in [3.63, 3.8) is 0 Å². The zero-order valence-corrected chi connectivity index (χ0v) is 18.9. The Bertz CT molecular complexity index is 966.